The van der Waals surface area contributed by atoms with Crippen LogP contribution < -0.4 is 4.74 Å². The van der Waals surface area contributed by atoms with Gasteiger partial charge in [-0.3, -0.25) is 9.59 Å². The highest BCUT2D eigenvalue weighted by molar-refractivity contribution is 6.34. The lowest BCUT2D eigenvalue weighted by Crippen LogP contribution is -2.51. The molecule has 1 fully saturated rings. The van der Waals surface area contributed by atoms with Gasteiger partial charge in [-0.25, -0.2) is 0 Å². The van der Waals surface area contributed by atoms with Crippen molar-refractivity contribution in [2.75, 3.05) is 33.3 Å². The van der Waals surface area contributed by atoms with E-state index in [4.69, 9.17) is 16.3 Å². The van der Waals surface area contributed by atoms with E-state index in [0.29, 0.717) is 48.9 Å². The van der Waals surface area contributed by atoms with Gasteiger partial charge in [-0.1, -0.05) is 11.6 Å². The van der Waals surface area contributed by atoms with Crippen LogP contribution in [-0.4, -0.2) is 59.9 Å². The number of H-pyrrole nitrogens is 1. The highest BCUT2D eigenvalue weighted by atomic mass is 35.5. The lowest BCUT2D eigenvalue weighted by Gasteiger charge is -2.35. The van der Waals surface area contributed by atoms with Crippen LogP contribution in [0.5, 0.6) is 5.75 Å². The van der Waals surface area contributed by atoms with Crippen molar-refractivity contribution in [3.8, 4) is 5.75 Å². The van der Waals surface area contributed by atoms with Gasteiger partial charge in [0.2, 0.25) is 5.91 Å². The first-order valence-corrected chi connectivity index (χ1v) is 8.49. The zero-order chi connectivity index (χ0) is 17.8. The minimum Gasteiger partial charge on any atom is -0.497 e. The van der Waals surface area contributed by atoms with Crippen molar-refractivity contribution in [2.45, 2.75) is 6.42 Å². The topological polar surface area (TPSA) is 65.6 Å². The Kier molecular flexibility index (Phi) is 5.28. The average Bonchev–Trinajstić information content (AvgIpc) is 3.14. The number of benzene rings is 1. The van der Waals surface area contributed by atoms with Crippen molar-refractivity contribution < 1.29 is 14.3 Å². The lowest BCUT2D eigenvalue weighted by molar-refractivity contribution is -0.132. The summed E-state index contributed by atoms with van der Waals surface area (Å²) in [5, 5.41) is 0.370. The Labute approximate surface area is 151 Å². The van der Waals surface area contributed by atoms with Gasteiger partial charge in [0.25, 0.3) is 5.91 Å². The second-order valence-corrected chi connectivity index (χ2v) is 6.30. The molecule has 2 heterocycles. The predicted molar refractivity (Wildman–Crippen MR) is 95.0 cm³/mol. The van der Waals surface area contributed by atoms with Crippen molar-refractivity contribution >= 4 is 23.4 Å². The van der Waals surface area contributed by atoms with Crippen LogP contribution in [0.15, 0.2) is 36.5 Å². The Bertz CT molecular complexity index is 753. The van der Waals surface area contributed by atoms with Crippen LogP contribution in [-0.2, 0) is 11.2 Å². The molecule has 0 atom stereocenters. The van der Waals surface area contributed by atoms with E-state index in [0.717, 1.165) is 5.69 Å². The summed E-state index contributed by atoms with van der Waals surface area (Å²) in [5.41, 5.74) is 1.35. The van der Waals surface area contributed by atoms with E-state index in [1.165, 1.54) is 0 Å². The molecular weight excluding hydrogens is 342 g/mol. The molecule has 1 N–H and O–H groups in total. The molecule has 0 radical (unpaired) electrons. The Balaban J connectivity index is 1.58. The number of piperazine rings is 1. The standard InChI is InChI=1S/C18H20ClN3O3/c1-25-14-4-5-15(16(19)12-14)18(24)22-9-7-21(8-10-22)17(23)11-13-3-2-6-20-13/h2-6,12,20H,7-11H2,1H3. The van der Waals surface area contributed by atoms with Crippen molar-refractivity contribution in [2.24, 2.45) is 0 Å². The SMILES string of the molecule is COc1ccc(C(=O)N2CCN(C(=O)Cc3ccc[nH]3)CC2)c(Cl)c1. The van der Waals surface area contributed by atoms with Crippen molar-refractivity contribution in [3.63, 3.8) is 0 Å². The van der Waals surface area contributed by atoms with E-state index in [9.17, 15) is 9.59 Å². The van der Waals surface area contributed by atoms with E-state index in [-0.39, 0.29) is 11.8 Å². The number of methoxy groups -OCH3 is 1. The molecule has 3 rings (SSSR count). The number of hydrogen-bond acceptors (Lipinski definition) is 3. The number of aromatic amines is 1. The van der Waals surface area contributed by atoms with Gasteiger partial charge < -0.3 is 19.5 Å². The largest absolute Gasteiger partial charge is 0.497 e. The third kappa shape index (κ3) is 3.96. The summed E-state index contributed by atoms with van der Waals surface area (Å²) >= 11 is 6.19. The Morgan fingerprint density at radius 3 is 2.48 bits per heavy atom. The zero-order valence-corrected chi connectivity index (χ0v) is 14.8. The summed E-state index contributed by atoms with van der Waals surface area (Å²) in [5.74, 6) is 0.558. The van der Waals surface area contributed by atoms with Crippen molar-refractivity contribution in [1.82, 2.24) is 14.8 Å². The molecule has 1 aromatic carbocycles. The first-order chi connectivity index (χ1) is 12.1. The third-order valence-electron chi connectivity index (χ3n) is 4.33. The maximum absolute atomic E-state index is 12.6. The van der Waals surface area contributed by atoms with Crippen LogP contribution >= 0.6 is 11.6 Å². The number of amides is 2. The van der Waals surface area contributed by atoms with Crippen LogP contribution in [0.4, 0.5) is 0 Å². The van der Waals surface area contributed by atoms with Gasteiger partial charge in [-0.15, -0.1) is 0 Å². The Hall–Kier alpha value is -2.47. The number of aromatic nitrogens is 1. The van der Waals surface area contributed by atoms with Gasteiger partial charge in [0.1, 0.15) is 5.75 Å². The summed E-state index contributed by atoms with van der Waals surface area (Å²) in [6.07, 6.45) is 2.16. The van der Waals surface area contributed by atoms with Crippen molar-refractivity contribution in [1.29, 1.82) is 0 Å². The lowest BCUT2D eigenvalue weighted by atomic mass is 10.1. The maximum atomic E-state index is 12.6. The molecule has 0 saturated carbocycles. The first kappa shape index (κ1) is 17.4. The fourth-order valence-electron chi connectivity index (χ4n) is 2.88. The number of rotatable bonds is 4. The zero-order valence-electron chi connectivity index (χ0n) is 14.0. The fourth-order valence-corrected chi connectivity index (χ4v) is 3.13. The van der Waals surface area contributed by atoms with E-state index < -0.39 is 0 Å². The number of nitrogens with one attached hydrogen (secondary N) is 1. The van der Waals surface area contributed by atoms with E-state index >= 15 is 0 Å². The average molecular weight is 362 g/mol. The van der Waals surface area contributed by atoms with E-state index in [1.807, 2.05) is 12.1 Å². The molecule has 132 valence electrons. The summed E-state index contributed by atoms with van der Waals surface area (Å²) in [7, 11) is 1.55. The van der Waals surface area contributed by atoms with Gasteiger partial charge in [0.05, 0.1) is 24.1 Å². The van der Waals surface area contributed by atoms with Crippen molar-refractivity contribution in [3.05, 3.63) is 52.8 Å². The molecule has 25 heavy (non-hydrogen) atoms. The van der Waals surface area contributed by atoms with Gasteiger partial charge >= 0.3 is 0 Å². The molecule has 0 aliphatic carbocycles. The van der Waals surface area contributed by atoms with Crippen LogP contribution in [0, 0.1) is 0 Å². The summed E-state index contributed by atoms with van der Waals surface area (Å²) in [6, 6.07) is 8.79. The van der Waals surface area contributed by atoms with Gasteiger partial charge in [0, 0.05) is 38.1 Å². The number of halogens is 1. The first-order valence-electron chi connectivity index (χ1n) is 8.11. The summed E-state index contributed by atoms with van der Waals surface area (Å²) in [6.45, 7) is 2.05. The third-order valence-corrected chi connectivity index (χ3v) is 4.64. The van der Waals surface area contributed by atoms with Gasteiger partial charge in [-0.05, 0) is 30.3 Å². The monoisotopic (exact) mass is 361 g/mol. The smallest absolute Gasteiger partial charge is 0.255 e. The molecule has 1 aromatic heterocycles. The van der Waals surface area contributed by atoms with Crippen LogP contribution in [0.3, 0.4) is 0 Å². The molecule has 1 aliphatic heterocycles. The molecular formula is C18H20ClN3O3. The molecule has 6 nitrogen and oxygen atoms in total. The van der Waals surface area contributed by atoms with E-state index in [2.05, 4.69) is 4.98 Å². The molecule has 2 aromatic rings. The number of carbonyl (C=O) groups excluding carboxylic acids is 2. The van der Waals surface area contributed by atoms with E-state index in [1.54, 1.807) is 41.3 Å². The normalized spacial score (nSPS) is 14.5. The molecule has 0 unspecified atom stereocenters. The Morgan fingerprint density at radius 1 is 1.16 bits per heavy atom. The minimum atomic E-state index is -0.121. The summed E-state index contributed by atoms with van der Waals surface area (Å²) < 4.78 is 5.10. The number of hydrogen-bond donors (Lipinski definition) is 1. The van der Waals surface area contributed by atoms with Crippen LogP contribution in [0.1, 0.15) is 16.1 Å². The van der Waals surface area contributed by atoms with Gasteiger partial charge in [0.15, 0.2) is 0 Å². The maximum Gasteiger partial charge on any atom is 0.255 e. The fraction of sp³-hybridized carbons (Fsp3) is 0.333. The molecule has 1 saturated heterocycles. The number of ether oxygens (including phenoxy) is 1. The molecule has 7 heteroatoms. The predicted octanol–water partition coefficient (Wildman–Crippen LogP) is 2.20. The Morgan fingerprint density at radius 2 is 1.88 bits per heavy atom. The number of carbonyl (C=O) groups is 2. The second-order valence-electron chi connectivity index (χ2n) is 5.89. The molecule has 2 amide bonds. The van der Waals surface area contributed by atoms with Crippen LogP contribution in [0.2, 0.25) is 5.02 Å². The molecule has 0 bridgehead atoms. The summed E-state index contributed by atoms with van der Waals surface area (Å²) in [4.78, 5) is 31.5. The van der Waals surface area contributed by atoms with Crippen LogP contribution in [0.25, 0.3) is 0 Å². The highest BCUT2D eigenvalue weighted by Gasteiger charge is 2.26. The van der Waals surface area contributed by atoms with Gasteiger partial charge in [-0.2, -0.15) is 0 Å². The highest BCUT2D eigenvalue weighted by Crippen LogP contribution is 2.24. The quantitative estimate of drug-likeness (QED) is 0.908. The second kappa shape index (κ2) is 7.61. The molecule has 1 aliphatic rings. The minimum absolute atomic E-state index is 0.0667. The molecule has 0 spiro atoms. The number of nitrogens with zero attached hydrogens (tertiary/aromatic N) is 2.